The molecule has 0 aromatic carbocycles. The molecule has 0 spiro atoms. The van der Waals surface area contributed by atoms with E-state index in [1.54, 1.807) is 0 Å². The molecular weight excluding hydrogens is 296 g/mol. The smallest absolute Gasteiger partial charge is 0.266 e. The number of halogens is 2. The highest BCUT2D eigenvalue weighted by molar-refractivity contribution is 9.10. The van der Waals surface area contributed by atoms with Crippen molar-refractivity contribution in [3.8, 4) is 0 Å². The van der Waals surface area contributed by atoms with E-state index in [0.29, 0.717) is 0 Å². The molecule has 0 aliphatic heterocycles. The van der Waals surface area contributed by atoms with E-state index in [4.69, 9.17) is 11.6 Å². The van der Waals surface area contributed by atoms with Gasteiger partial charge in [-0.25, -0.2) is 13.4 Å². The van der Waals surface area contributed by atoms with Gasteiger partial charge in [-0.3, -0.25) is 4.79 Å². The maximum Gasteiger partial charge on any atom is 0.266 e. The Morgan fingerprint density at radius 1 is 1.57 bits per heavy atom. The third kappa shape index (κ3) is 2.34. The molecule has 0 unspecified atom stereocenters. The molecular formula is C6H6BrClN2O3S. The van der Waals surface area contributed by atoms with Gasteiger partial charge in [-0.1, -0.05) is 0 Å². The lowest BCUT2D eigenvalue weighted by Crippen LogP contribution is -2.17. The molecule has 5 nitrogen and oxygen atoms in total. The van der Waals surface area contributed by atoms with Crippen LogP contribution in [0.5, 0.6) is 0 Å². The van der Waals surface area contributed by atoms with Gasteiger partial charge in [0.1, 0.15) is 4.47 Å². The van der Waals surface area contributed by atoms with Gasteiger partial charge in [-0.2, -0.15) is 0 Å². The Balaban J connectivity index is 3.34. The number of aromatic amines is 1. The number of alkyl halides is 1. The monoisotopic (exact) mass is 300 g/mol. The van der Waals surface area contributed by atoms with Gasteiger partial charge >= 0.3 is 0 Å². The molecule has 0 aliphatic rings. The number of hydrogen-bond donors (Lipinski definition) is 1. The topological polar surface area (TPSA) is 79.9 Å². The van der Waals surface area contributed by atoms with Gasteiger partial charge in [0.2, 0.25) is 0 Å². The zero-order valence-corrected chi connectivity index (χ0v) is 9.99. The summed E-state index contributed by atoms with van der Waals surface area (Å²) in [5, 5.41) is -0.276. The molecule has 14 heavy (non-hydrogen) atoms. The molecule has 1 aromatic rings. The summed E-state index contributed by atoms with van der Waals surface area (Å²) in [7, 11) is -3.57. The summed E-state index contributed by atoms with van der Waals surface area (Å²) in [6.07, 6.45) is 1.04. The number of aromatic nitrogens is 2. The Kier molecular flexibility index (Phi) is 3.68. The van der Waals surface area contributed by atoms with Crippen LogP contribution in [0.2, 0.25) is 0 Å². The SMILES string of the molecule is O=c1[nH]cnc(S(=O)(=O)CCCl)c1Br. The van der Waals surface area contributed by atoms with Crippen molar-refractivity contribution in [3.63, 3.8) is 0 Å². The molecule has 0 saturated carbocycles. The molecule has 0 radical (unpaired) electrons. The van der Waals surface area contributed by atoms with Crippen molar-refractivity contribution >= 4 is 37.4 Å². The van der Waals surface area contributed by atoms with Crippen molar-refractivity contribution in [2.45, 2.75) is 5.03 Å². The van der Waals surface area contributed by atoms with Crippen LogP contribution in [0.25, 0.3) is 0 Å². The van der Waals surface area contributed by atoms with Crippen LogP contribution in [0.1, 0.15) is 0 Å². The van der Waals surface area contributed by atoms with E-state index >= 15 is 0 Å². The molecule has 1 N–H and O–H groups in total. The maximum absolute atomic E-state index is 11.5. The summed E-state index contributed by atoms with van der Waals surface area (Å²) in [4.78, 5) is 16.9. The molecule has 0 saturated heterocycles. The first kappa shape index (κ1) is 11.7. The van der Waals surface area contributed by atoms with E-state index < -0.39 is 15.4 Å². The lowest BCUT2D eigenvalue weighted by molar-refractivity contribution is 0.592. The number of nitrogens with zero attached hydrogens (tertiary/aromatic N) is 1. The van der Waals surface area contributed by atoms with E-state index in [1.165, 1.54) is 0 Å². The quantitative estimate of drug-likeness (QED) is 0.653. The fourth-order valence-electron chi connectivity index (χ4n) is 0.782. The Morgan fingerprint density at radius 2 is 2.21 bits per heavy atom. The van der Waals surface area contributed by atoms with Crippen LogP contribution in [0.3, 0.4) is 0 Å². The minimum atomic E-state index is -3.57. The lowest BCUT2D eigenvalue weighted by Gasteiger charge is -2.01. The van der Waals surface area contributed by atoms with E-state index in [2.05, 4.69) is 25.9 Å². The molecule has 1 aromatic heterocycles. The first-order valence-electron chi connectivity index (χ1n) is 3.51. The summed E-state index contributed by atoms with van der Waals surface area (Å²) in [6.45, 7) is 0. The number of sulfone groups is 1. The number of nitrogens with one attached hydrogen (secondary N) is 1. The molecule has 0 amide bonds. The fourth-order valence-corrected chi connectivity index (χ4v) is 3.32. The van der Waals surface area contributed by atoms with Crippen molar-refractivity contribution in [1.82, 2.24) is 9.97 Å². The number of rotatable bonds is 3. The van der Waals surface area contributed by atoms with Crippen LogP contribution >= 0.6 is 27.5 Å². The Labute approximate surface area is 93.6 Å². The average Bonchev–Trinajstić information content (AvgIpc) is 2.09. The fraction of sp³-hybridized carbons (Fsp3) is 0.333. The number of H-pyrrole nitrogens is 1. The molecule has 0 bridgehead atoms. The largest absolute Gasteiger partial charge is 0.312 e. The van der Waals surface area contributed by atoms with Gasteiger partial charge in [-0.05, 0) is 15.9 Å². The van der Waals surface area contributed by atoms with E-state index in [9.17, 15) is 13.2 Å². The van der Waals surface area contributed by atoms with Crippen LogP contribution < -0.4 is 5.56 Å². The van der Waals surface area contributed by atoms with Crippen LogP contribution in [-0.4, -0.2) is 30.0 Å². The number of hydrogen-bond acceptors (Lipinski definition) is 4. The highest BCUT2D eigenvalue weighted by Gasteiger charge is 2.20. The molecule has 0 aliphatic carbocycles. The highest BCUT2D eigenvalue weighted by atomic mass is 79.9. The molecule has 0 atom stereocenters. The first-order chi connectivity index (χ1) is 6.49. The van der Waals surface area contributed by atoms with E-state index in [0.717, 1.165) is 6.33 Å². The van der Waals surface area contributed by atoms with Gasteiger partial charge < -0.3 is 4.98 Å². The van der Waals surface area contributed by atoms with Gasteiger partial charge in [0.15, 0.2) is 14.9 Å². The second kappa shape index (κ2) is 4.41. The summed E-state index contributed by atoms with van der Waals surface area (Å²) in [5.74, 6) is -0.285. The molecule has 1 heterocycles. The summed E-state index contributed by atoms with van der Waals surface area (Å²) in [6, 6.07) is 0. The van der Waals surface area contributed by atoms with Gasteiger partial charge in [0, 0.05) is 5.88 Å². The average molecular weight is 302 g/mol. The maximum atomic E-state index is 11.5. The predicted octanol–water partition coefficient (Wildman–Crippen LogP) is 0.545. The Hall–Kier alpha value is -0.400. The third-order valence-corrected chi connectivity index (χ3v) is 4.46. The first-order valence-corrected chi connectivity index (χ1v) is 6.49. The Morgan fingerprint density at radius 3 is 2.79 bits per heavy atom. The summed E-state index contributed by atoms with van der Waals surface area (Å²) >= 11 is 8.18. The highest BCUT2D eigenvalue weighted by Crippen LogP contribution is 2.15. The van der Waals surface area contributed by atoms with Crippen LogP contribution in [0, 0.1) is 0 Å². The Bertz CT molecular complexity index is 484. The van der Waals surface area contributed by atoms with Gasteiger partial charge in [0.05, 0.1) is 12.1 Å². The molecule has 1 rings (SSSR count). The van der Waals surface area contributed by atoms with E-state index in [1.807, 2.05) is 0 Å². The van der Waals surface area contributed by atoms with Crippen LogP contribution in [0.4, 0.5) is 0 Å². The normalized spacial score (nSPS) is 11.6. The van der Waals surface area contributed by atoms with Crippen LogP contribution in [-0.2, 0) is 9.84 Å². The third-order valence-electron chi connectivity index (χ3n) is 1.41. The predicted molar refractivity (Wildman–Crippen MR) is 55.3 cm³/mol. The van der Waals surface area contributed by atoms with Gasteiger partial charge in [0.25, 0.3) is 5.56 Å². The minimum absolute atomic E-state index is 0.0384. The second-order valence-corrected chi connectivity index (χ2v) is 5.55. The molecule has 0 fully saturated rings. The summed E-state index contributed by atoms with van der Waals surface area (Å²) in [5.41, 5.74) is -0.534. The molecule has 8 heteroatoms. The van der Waals surface area contributed by atoms with Crippen molar-refractivity contribution < 1.29 is 8.42 Å². The van der Waals surface area contributed by atoms with E-state index in [-0.39, 0.29) is 21.1 Å². The minimum Gasteiger partial charge on any atom is -0.312 e. The van der Waals surface area contributed by atoms with Crippen LogP contribution in [0.15, 0.2) is 20.6 Å². The van der Waals surface area contributed by atoms with Crippen molar-refractivity contribution in [2.75, 3.05) is 11.6 Å². The van der Waals surface area contributed by atoms with Crippen molar-refractivity contribution in [2.24, 2.45) is 0 Å². The zero-order chi connectivity index (χ0) is 10.8. The van der Waals surface area contributed by atoms with Crippen molar-refractivity contribution in [3.05, 3.63) is 21.2 Å². The van der Waals surface area contributed by atoms with Gasteiger partial charge in [-0.15, -0.1) is 11.6 Å². The molecule has 78 valence electrons. The summed E-state index contributed by atoms with van der Waals surface area (Å²) < 4.78 is 22.9. The standard InChI is InChI=1S/C6H6BrClN2O3S/c7-4-5(11)9-3-10-6(4)14(12,13)2-1-8/h3H,1-2H2,(H,9,10,11). The van der Waals surface area contributed by atoms with Crippen molar-refractivity contribution in [1.29, 1.82) is 0 Å². The zero-order valence-electron chi connectivity index (χ0n) is 6.83. The second-order valence-electron chi connectivity index (χ2n) is 2.36. The lowest BCUT2D eigenvalue weighted by atomic mass is 10.7.